The van der Waals surface area contributed by atoms with Crippen LogP contribution in [0.25, 0.3) is 11.1 Å². The van der Waals surface area contributed by atoms with Crippen LogP contribution >= 0.6 is 0 Å². The third kappa shape index (κ3) is 5.70. The van der Waals surface area contributed by atoms with Gasteiger partial charge in [-0.05, 0) is 41.8 Å². The molecule has 0 aliphatic carbocycles. The maximum Gasteiger partial charge on any atom is 0.134 e. The van der Waals surface area contributed by atoms with Crippen LogP contribution in [0.5, 0.6) is 5.75 Å². The molecule has 126 valence electrons. The van der Waals surface area contributed by atoms with Gasteiger partial charge in [0.1, 0.15) is 18.5 Å². The second kappa shape index (κ2) is 9.72. The molecule has 2 nitrogen and oxygen atoms in total. The van der Waals surface area contributed by atoms with Crippen molar-refractivity contribution in [3.8, 4) is 22.9 Å². The van der Waals surface area contributed by atoms with E-state index in [-0.39, 0.29) is 6.61 Å². The Labute approximate surface area is 143 Å². The Balaban J connectivity index is 1.82. The molecule has 1 atom stereocenters. The highest BCUT2D eigenvalue weighted by Crippen LogP contribution is 2.23. The molecule has 0 saturated carbocycles. The Morgan fingerprint density at radius 2 is 1.58 bits per heavy atom. The summed E-state index contributed by atoms with van der Waals surface area (Å²) in [5.74, 6) is 0.684. The normalized spacial score (nSPS) is 11.7. The van der Waals surface area contributed by atoms with E-state index in [9.17, 15) is 4.39 Å². The van der Waals surface area contributed by atoms with Crippen LogP contribution in [-0.4, -0.2) is 12.8 Å². The predicted molar refractivity (Wildman–Crippen MR) is 95.7 cm³/mol. The van der Waals surface area contributed by atoms with Gasteiger partial charge in [-0.25, -0.2) is 4.39 Å². The van der Waals surface area contributed by atoms with Crippen LogP contribution in [0.4, 0.5) is 4.39 Å². The van der Waals surface area contributed by atoms with E-state index < -0.39 is 6.17 Å². The molecule has 0 aliphatic rings. The number of ether oxygens (including phenoxy) is 1. The van der Waals surface area contributed by atoms with Crippen molar-refractivity contribution in [2.75, 3.05) is 6.61 Å². The van der Waals surface area contributed by atoms with Gasteiger partial charge in [-0.1, -0.05) is 56.9 Å². The molecule has 2 rings (SSSR count). The molecule has 0 bridgehead atoms. The monoisotopic (exact) mass is 325 g/mol. The van der Waals surface area contributed by atoms with Gasteiger partial charge < -0.3 is 4.74 Å². The van der Waals surface area contributed by atoms with E-state index in [1.54, 1.807) is 12.1 Å². The Kier molecular flexibility index (Phi) is 7.29. The summed E-state index contributed by atoms with van der Waals surface area (Å²) in [4.78, 5) is 0. The molecule has 2 aromatic carbocycles. The fraction of sp³-hybridized carbons (Fsp3) is 0.381. The van der Waals surface area contributed by atoms with Crippen molar-refractivity contribution in [2.24, 2.45) is 0 Å². The molecule has 0 heterocycles. The summed E-state index contributed by atoms with van der Waals surface area (Å²) in [5, 5.41) is 8.82. The lowest BCUT2D eigenvalue weighted by molar-refractivity contribution is 0.184. The number of hydrogen-bond acceptors (Lipinski definition) is 2. The van der Waals surface area contributed by atoms with Gasteiger partial charge in [-0.2, -0.15) is 5.26 Å². The first-order valence-electron chi connectivity index (χ1n) is 8.60. The molecule has 0 aliphatic heterocycles. The van der Waals surface area contributed by atoms with Gasteiger partial charge in [-0.3, -0.25) is 0 Å². The lowest BCUT2D eigenvalue weighted by atomic mass is 10.0. The van der Waals surface area contributed by atoms with E-state index in [1.165, 1.54) is 12.8 Å². The summed E-state index contributed by atoms with van der Waals surface area (Å²) in [6, 6.07) is 17.2. The number of benzene rings is 2. The smallest absolute Gasteiger partial charge is 0.134 e. The maximum atomic E-state index is 13.8. The molecule has 0 fully saturated rings. The molecule has 2 aromatic rings. The molecule has 0 N–H and O–H groups in total. The van der Waals surface area contributed by atoms with Gasteiger partial charge in [0.25, 0.3) is 0 Å². The van der Waals surface area contributed by atoms with Crippen LogP contribution in [0.2, 0.25) is 0 Å². The molecule has 1 unspecified atom stereocenters. The molecular formula is C21H24FNO. The first-order chi connectivity index (χ1) is 11.7. The van der Waals surface area contributed by atoms with Crippen LogP contribution in [0.15, 0.2) is 48.5 Å². The summed E-state index contributed by atoms with van der Waals surface area (Å²) < 4.78 is 19.3. The van der Waals surface area contributed by atoms with Crippen molar-refractivity contribution in [2.45, 2.75) is 45.2 Å². The summed E-state index contributed by atoms with van der Waals surface area (Å²) in [5.41, 5.74) is 2.73. The highest BCUT2D eigenvalue weighted by molar-refractivity contribution is 5.64. The van der Waals surface area contributed by atoms with Crippen LogP contribution in [0.1, 0.15) is 44.6 Å². The van der Waals surface area contributed by atoms with Crippen LogP contribution < -0.4 is 4.74 Å². The number of hydrogen-bond donors (Lipinski definition) is 0. The number of nitriles is 1. The zero-order valence-corrected chi connectivity index (χ0v) is 14.2. The van der Waals surface area contributed by atoms with Gasteiger partial charge in [0, 0.05) is 0 Å². The van der Waals surface area contributed by atoms with Crippen LogP contribution in [0.3, 0.4) is 0 Å². The first-order valence-corrected chi connectivity index (χ1v) is 8.60. The van der Waals surface area contributed by atoms with E-state index in [4.69, 9.17) is 10.00 Å². The third-order valence-electron chi connectivity index (χ3n) is 4.00. The fourth-order valence-electron chi connectivity index (χ4n) is 2.54. The van der Waals surface area contributed by atoms with E-state index >= 15 is 0 Å². The molecule has 0 radical (unpaired) electrons. The molecule has 0 saturated heterocycles. The molecule has 0 aromatic heterocycles. The standard InChI is InChI=1S/C21H24FNO/c1-2-3-4-5-6-20(22)16-24-21-13-11-19(12-14-21)18-9-7-17(15-23)8-10-18/h7-14,20H,2-6,16H2,1H3. The second-order valence-electron chi connectivity index (χ2n) is 5.97. The Bertz CT molecular complexity index is 643. The highest BCUT2D eigenvalue weighted by Gasteiger charge is 2.07. The number of rotatable bonds is 9. The zero-order valence-electron chi connectivity index (χ0n) is 14.2. The molecule has 0 spiro atoms. The Hall–Kier alpha value is -2.34. The minimum absolute atomic E-state index is 0.113. The van der Waals surface area contributed by atoms with E-state index in [2.05, 4.69) is 13.0 Å². The topological polar surface area (TPSA) is 33.0 Å². The summed E-state index contributed by atoms with van der Waals surface area (Å²) in [6.07, 6.45) is 4.03. The quantitative estimate of drug-likeness (QED) is 0.537. The number of unbranched alkanes of at least 4 members (excludes halogenated alkanes) is 3. The van der Waals surface area contributed by atoms with Gasteiger partial charge in [-0.15, -0.1) is 0 Å². The van der Waals surface area contributed by atoms with Crippen molar-refractivity contribution < 1.29 is 9.13 Å². The first kappa shape index (κ1) is 18.0. The van der Waals surface area contributed by atoms with Crippen molar-refractivity contribution in [3.05, 3.63) is 54.1 Å². The zero-order chi connectivity index (χ0) is 17.2. The Morgan fingerprint density at radius 1 is 0.958 bits per heavy atom. The van der Waals surface area contributed by atoms with Crippen molar-refractivity contribution in [1.29, 1.82) is 5.26 Å². The summed E-state index contributed by atoms with van der Waals surface area (Å²) >= 11 is 0. The maximum absolute atomic E-state index is 13.8. The minimum Gasteiger partial charge on any atom is -0.491 e. The number of halogens is 1. The molecule has 24 heavy (non-hydrogen) atoms. The minimum atomic E-state index is -0.903. The van der Waals surface area contributed by atoms with Crippen LogP contribution in [-0.2, 0) is 0 Å². The lowest BCUT2D eigenvalue weighted by Crippen LogP contribution is -2.12. The predicted octanol–water partition coefficient (Wildman–Crippen LogP) is 5.91. The van der Waals surface area contributed by atoms with Crippen LogP contribution in [0, 0.1) is 11.3 Å². The van der Waals surface area contributed by atoms with Gasteiger partial charge in [0.15, 0.2) is 0 Å². The highest BCUT2D eigenvalue weighted by atomic mass is 19.1. The average Bonchev–Trinajstić information content (AvgIpc) is 2.64. The summed E-state index contributed by atoms with van der Waals surface area (Å²) in [7, 11) is 0. The van der Waals surface area contributed by atoms with Crippen molar-refractivity contribution >= 4 is 0 Å². The summed E-state index contributed by atoms with van der Waals surface area (Å²) in [6.45, 7) is 2.26. The van der Waals surface area contributed by atoms with Gasteiger partial charge >= 0.3 is 0 Å². The van der Waals surface area contributed by atoms with E-state index in [0.29, 0.717) is 17.7 Å². The van der Waals surface area contributed by atoms with Gasteiger partial charge in [0.05, 0.1) is 11.6 Å². The number of alkyl halides is 1. The largest absolute Gasteiger partial charge is 0.491 e. The molecule has 3 heteroatoms. The van der Waals surface area contributed by atoms with Crippen molar-refractivity contribution in [1.82, 2.24) is 0 Å². The third-order valence-corrected chi connectivity index (χ3v) is 4.00. The fourth-order valence-corrected chi connectivity index (χ4v) is 2.54. The molecule has 0 amide bonds. The average molecular weight is 325 g/mol. The SMILES string of the molecule is CCCCCCC(F)COc1ccc(-c2ccc(C#N)cc2)cc1. The lowest BCUT2D eigenvalue weighted by Gasteiger charge is -2.11. The van der Waals surface area contributed by atoms with Gasteiger partial charge in [0.2, 0.25) is 0 Å². The van der Waals surface area contributed by atoms with Crippen molar-refractivity contribution in [3.63, 3.8) is 0 Å². The number of nitrogens with zero attached hydrogens (tertiary/aromatic N) is 1. The molecular weight excluding hydrogens is 301 g/mol. The van der Waals surface area contributed by atoms with E-state index in [0.717, 1.165) is 24.0 Å². The second-order valence-corrected chi connectivity index (χ2v) is 5.97. The van der Waals surface area contributed by atoms with E-state index in [1.807, 2.05) is 36.4 Å². The Morgan fingerprint density at radius 3 is 2.17 bits per heavy atom.